The molecule has 0 radical (unpaired) electrons. The lowest BCUT2D eigenvalue weighted by atomic mass is 10.0. The maximum absolute atomic E-state index is 12.3. The van der Waals surface area contributed by atoms with Gasteiger partial charge < -0.3 is 10.0 Å². The summed E-state index contributed by atoms with van der Waals surface area (Å²) in [4.78, 5) is 12.6. The van der Waals surface area contributed by atoms with Gasteiger partial charge in [0.15, 0.2) is 0 Å². The van der Waals surface area contributed by atoms with E-state index in [2.05, 4.69) is 11.8 Å². The van der Waals surface area contributed by atoms with Crippen molar-refractivity contribution in [2.24, 2.45) is 0 Å². The fourth-order valence-corrected chi connectivity index (χ4v) is 1.68. The van der Waals surface area contributed by atoms with Crippen molar-refractivity contribution in [1.82, 2.24) is 4.90 Å². The van der Waals surface area contributed by atoms with E-state index in [1.165, 1.54) is 6.07 Å². The molecule has 1 aromatic rings. The summed E-state index contributed by atoms with van der Waals surface area (Å²) in [6.07, 6.45) is -4.44. The SMILES string of the molecule is Cc1c(C#CCO)cccc1C(=O)N(C)CC(F)(F)F. The molecule has 3 nitrogen and oxygen atoms in total. The summed E-state index contributed by atoms with van der Waals surface area (Å²) in [6, 6.07) is 4.64. The fourth-order valence-electron chi connectivity index (χ4n) is 1.68. The Bertz CT molecular complexity index is 556. The van der Waals surface area contributed by atoms with Gasteiger partial charge in [0.2, 0.25) is 0 Å². The first-order valence-electron chi connectivity index (χ1n) is 5.78. The van der Waals surface area contributed by atoms with E-state index < -0.39 is 18.6 Å². The summed E-state index contributed by atoms with van der Waals surface area (Å²) in [5.74, 6) is 4.38. The molecule has 0 bridgehead atoms. The van der Waals surface area contributed by atoms with E-state index in [-0.39, 0.29) is 12.2 Å². The van der Waals surface area contributed by atoms with Crippen LogP contribution in [0.1, 0.15) is 21.5 Å². The first kappa shape index (κ1) is 16.1. The van der Waals surface area contributed by atoms with Gasteiger partial charge in [0.25, 0.3) is 5.91 Å². The van der Waals surface area contributed by atoms with Crippen molar-refractivity contribution in [2.75, 3.05) is 20.2 Å². The average Bonchev–Trinajstić information content (AvgIpc) is 2.34. The molecule has 1 aromatic carbocycles. The average molecular weight is 285 g/mol. The molecule has 0 aliphatic rings. The monoisotopic (exact) mass is 285 g/mol. The van der Waals surface area contributed by atoms with Gasteiger partial charge in [0.05, 0.1) is 0 Å². The van der Waals surface area contributed by atoms with Gasteiger partial charge in [-0.15, -0.1) is 0 Å². The largest absolute Gasteiger partial charge is 0.406 e. The molecular weight excluding hydrogens is 271 g/mol. The molecule has 1 N–H and O–H groups in total. The summed E-state index contributed by atoms with van der Waals surface area (Å²) in [5, 5.41) is 8.64. The van der Waals surface area contributed by atoms with Crippen molar-refractivity contribution in [3.8, 4) is 11.8 Å². The van der Waals surface area contributed by atoms with Crippen LogP contribution >= 0.6 is 0 Å². The molecule has 1 rings (SSSR count). The van der Waals surface area contributed by atoms with Crippen LogP contribution < -0.4 is 0 Å². The Morgan fingerprint density at radius 1 is 1.40 bits per heavy atom. The van der Waals surface area contributed by atoms with Crippen molar-refractivity contribution < 1.29 is 23.1 Å². The lowest BCUT2D eigenvalue weighted by Crippen LogP contribution is -2.36. The number of hydrogen-bond acceptors (Lipinski definition) is 2. The molecule has 0 atom stereocenters. The van der Waals surface area contributed by atoms with Crippen LogP contribution in [0.25, 0.3) is 0 Å². The van der Waals surface area contributed by atoms with E-state index in [1.807, 2.05) is 0 Å². The molecule has 6 heteroatoms. The summed E-state index contributed by atoms with van der Waals surface area (Å²) in [6.45, 7) is -0.0283. The molecular formula is C14H14F3NO2. The van der Waals surface area contributed by atoms with Gasteiger partial charge in [-0.05, 0) is 24.6 Å². The van der Waals surface area contributed by atoms with Crippen LogP contribution in [0.15, 0.2) is 18.2 Å². The zero-order chi connectivity index (χ0) is 15.3. The number of carbonyl (C=O) groups excluding carboxylic acids is 1. The van der Waals surface area contributed by atoms with E-state index in [0.29, 0.717) is 16.0 Å². The first-order chi connectivity index (χ1) is 9.26. The van der Waals surface area contributed by atoms with E-state index in [0.717, 1.165) is 7.05 Å². The number of rotatable bonds is 2. The number of benzene rings is 1. The van der Waals surface area contributed by atoms with Gasteiger partial charge in [-0.2, -0.15) is 13.2 Å². The number of aliphatic hydroxyl groups is 1. The van der Waals surface area contributed by atoms with E-state index in [4.69, 9.17) is 5.11 Å². The van der Waals surface area contributed by atoms with E-state index >= 15 is 0 Å². The van der Waals surface area contributed by atoms with Crippen molar-refractivity contribution in [3.05, 3.63) is 34.9 Å². The summed E-state index contributed by atoms with van der Waals surface area (Å²) < 4.78 is 36.9. The number of aliphatic hydroxyl groups excluding tert-OH is 1. The predicted molar refractivity (Wildman–Crippen MR) is 68.2 cm³/mol. The Morgan fingerprint density at radius 3 is 2.60 bits per heavy atom. The second-order valence-corrected chi connectivity index (χ2v) is 4.21. The third kappa shape index (κ3) is 4.28. The summed E-state index contributed by atoms with van der Waals surface area (Å²) in [7, 11) is 1.10. The second kappa shape index (κ2) is 6.44. The first-order valence-corrected chi connectivity index (χ1v) is 5.78. The van der Waals surface area contributed by atoms with E-state index in [9.17, 15) is 18.0 Å². The van der Waals surface area contributed by atoms with Gasteiger partial charge in [-0.3, -0.25) is 4.79 Å². The molecule has 0 heterocycles. The molecule has 0 saturated heterocycles. The lowest BCUT2D eigenvalue weighted by Gasteiger charge is -2.20. The summed E-state index contributed by atoms with van der Waals surface area (Å²) in [5.41, 5.74) is 1.17. The molecule has 108 valence electrons. The normalized spacial score (nSPS) is 10.7. The Morgan fingerprint density at radius 2 is 2.05 bits per heavy atom. The lowest BCUT2D eigenvalue weighted by molar-refractivity contribution is -0.138. The van der Waals surface area contributed by atoms with Gasteiger partial charge in [0, 0.05) is 18.2 Å². The predicted octanol–water partition coefficient (Wildman–Crippen LogP) is 1.97. The number of nitrogens with zero attached hydrogens (tertiary/aromatic N) is 1. The Balaban J connectivity index is 3.05. The van der Waals surface area contributed by atoms with Crippen LogP contribution in [0.4, 0.5) is 13.2 Å². The number of hydrogen-bond donors (Lipinski definition) is 1. The second-order valence-electron chi connectivity index (χ2n) is 4.21. The van der Waals surface area contributed by atoms with Crippen LogP contribution in [0, 0.1) is 18.8 Å². The topological polar surface area (TPSA) is 40.5 Å². The Labute approximate surface area is 115 Å². The zero-order valence-corrected chi connectivity index (χ0v) is 11.1. The van der Waals surface area contributed by atoms with Gasteiger partial charge in [-0.1, -0.05) is 17.9 Å². The molecule has 20 heavy (non-hydrogen) atoms. The van der Waals surface area contributed by atoms with Gasteiger partial charge >= 0.3 is 6.18 Å². The van der Waals surface area contributed by atoms with Gasteiger partial charge in [-0.25, -0.2) is 0 Å². The highest BCUT2D eigenvalue weighted by Gasteiger charge is 2.31. The fraction of sp³-hybridized carbons (Fsp3) is 0.357. The third-order valence-corrected chi connectivity index (χ3v) is 2.63. The number of carbonyl (C=O) groups is 1. The van der Waals surface area contributed by atoms with E-state index in [1.54, 1.807) is 19.1 Å². The van der Waals surface area contributed by atoms with Crippen molar-refractivity contribution in [2.45, 2.75) is 13.1 Å². The maximum Gasteiger partial charge on any atom is 0.406 e. The highest BCUT2D eigenvalue weighted by Crippen LogP contribution is 2.19. The Hall–Kier alpha value is -2.00. The number of alkyl halides is 3. The molecule has 0 aromatic heterocycles. The van der Waals surface area contributed by atoms with Crippen LogP contribution in [0.3, 0.4) is 0 Å². The molecule has 0 unspecified atom stereocenters. The minimum absolute atomic E-state index is 0.168. The van der Waals surface area contributed by atoms with Gasteiger partial charge in [0.1, 0.15) is 13.2 Å². The zero-order valence-electron chi connectivity index (χ0n) is 11.1. The van der Waals surface area contributed by atoms with Crippen molar-refractivity contribution in [3.63, 3.8) is 0 Å². The smallest absolute Gasteiger partial charge is 0.384 e. The molecule has 0 fully saturated rings. The number of amides is 1. The molecule has 0 aliphatic carbocycles. The van der Waals surface area contributed by atoms with Crippen LogP contribution in [-0.2, 0) is 0 Å². The molecule has 0 spiro atoms. The van der Waals surface area contributed by atoms with Crippen LogP contribution in [0.2, 0.25) is 0 Å². The summed E-state index contributed by atoms with van der Waals surface area (Å²) >= 11 is 0. The minimum Gasteiger partial charge on any atom is -0.384 e. The maximum atomic E-state index is 12.3. The quantitative estimate of drug-likeness (QED) is 0.844. The van der Waals surface area contributed by atoms with Crippen molar-refractivity contribution in [1.29, 1.82) is 0 Å². The minimum atomic E-state index is -4.44. The molecule has 1 amide bonds. The van der Waals surface area contributed by atoms with Crippen LogP contribution in [0.5, 0.6) is 0 Å². The Kier molecular flexibility index (Phi) is 5.17. The van der Waals surface area contributed by atoms with Crippen molar-refractivity contribution >= 4 is 5.91 Å². The standard InChI is InChI=1S/C14H14F3NO2/c1-10-11(6-4-8-19)5-3-7-12(10)13(20)18(2)9-14(15,16)17/h3,5,7,19H,8-9H2,1-2H3. The molecule has 0 saturated carbocycles. The third-order valence-electron chi connectivity index (χ3n) is 2.63. The molecule has 0 aliphatic heterocycles. The van der Waals surface area contributed by atoms with Crippen LogP contribution in [-0.4, -0.2) is 42.3 Å². The number of halogens is 3. The highest BCUT2D eigenvalue weighted by atomic mass is 19.4. The highest BCUT2D eigenvalue weighted by molar-refractivity contribution is 5.96.